The summed E-state index contributed by atoms with van der Waals surface area (Å²) in [7, 11) is 0. The first-order valence-corrected chi connectivity index (χ1v) is 11.1. The molecular formula is C20H21FIN3O3S. The predicted molar refractivity (Wildman–Crippen MR) is 120 cm³/mol. The van der Waals surface area contributed by atoms with Crippen molar-refractivity contribution in [2.45, 2.75) is 32.3 Å². The molecular weight excluding hydrogens is 508 g/mol. The largest absolute Gasteiger partial charge is 0.348 e. The topological polar surface area (TPSA) is 64.6 Å². The van der Waals surface area contributed by atoms with Crippen molar-refractivity contribution in [1.29, 1.82) is 0 Å². The Morgan fingerprint density at radius 3 is 3.00 bits per heavy atom. The van der Waals surface area contributed by atoms with E-state index in [1.807, 2.05) is 32.0 Å². The molecule has 2 aromatic heterocycles. The summed E-state index contributed by atoms with van der Waals surface area (Å²) >= 11 is 3.57. The molecule has 0 aliphatic carbocycles. The number of fused-ring (bicyclic) bond motifs is 1. The van der Waals surface area contributed by atoms with E-state index in [9.17, 15) is 4.39 Å². The third-order valence-corrected chi connectivity index (χ3v) is 6.18. The minimum Gasteiger partial charge on any atom is -0.348 e. The number of hydroxylamine groups is 1. The average Bonchev–Trinajstić information content (AvgIpc) is 3.20. The Labute approximate surface area is 185 Å². The van der Waals surface area contributed by atoms with Gasteiger partial charge in [-0.15, -0.1) is 0 Å². The third-order valence-electron chi connectivity index (χ3n) is 4.44. The lowest BCUT2D eigenvalue weighted by Gasteiger charge is -2.17. The molecule has 2 N–H and O–H groups in total. The van der Waals surface area contributed by atoms with Crippen molar-refractivity contribution in [2.24, 2.45) is 0 Å². The van der Waals surface area contributed by atoms with Crippen LogP contribution >= 0.6 is 33.9 Å². The number of benzene rings is 1. The number of thiophene rings is 1. The molecule has 0 spiro atoms. The molecule has 0 amide bonds. The van der Waals surface area contributed by atoms with Crippen LogP contribution in [0.5, 0.6) is 0 Å². The monoisotopic (exact) mass is 529 g/mol. The van der Waals surface area contributed by atoms with Gasteiger partial charge in [0.2, 0.25) is 0 Å². The van der Waals surface area contributed by atoms with E-state index in [0.717, 1.165) is 24.4 Å². The lowest BCUT2D eigenvalue weighted by Crippen LogP contribution is -2.27. The van der Waals surface area contributed by atoms with Crippen molar-refractivity contribution in [3.05, 3.63) is 51.5 Å². The summed E-state index contributed by atoms with van der Waals surface area (Å²) in [5.41, 5.74) is 4.39. The third kappa shape index (κ3) is 5.04. The van der Waals surface area contributed by atoms with Crippen molar-refractivity contribution in [3.63, 3.8) is 0 Å². The average molecular weight is 529 g/mol. The normalized spacial score (nSPS) is 18.4. The molecule has 1 aliphatic rings. The maximum absolute atomic E-state index is 14.3. The summed E-state index contributed by atoms with van der Waals surface area (Å²) in [5.74, 6) is -0.865. The van der Waals surface area contributed by atoms with Crippen LogP contribution in [-0.2, 0) is 20.9 Å². The maximum atomic E-state index is 14.3. The number of ether oxygens (including phenoxy) is 2. The van der Waals surface area contributed by atoms with Gasteiger partial charge in [-0.3, -0.25) is 4.84 Å². The maximum Gasteiger partial charge on any atom is 0.163 e. The lowest BCUT2D eigenvalue weighted by atomic mass is 10.2. The van der Waals surface area contributed by atoms with Crippen LogP contribution in [0.4, 0.5) is 15.1 Å². The van der Waals surface area contributed by atoms with E-state index in [0.29, 0.717) is 25.4 Å². The standard InChI is InChI=1S/C20H21FIN3O3S/c1-20(2)26-10-13(28-20)11-27-24-9-15-14-4-3-7-23-18(14)29-19(15)25-17-6-5-12(22)8-16(17)21/h3-8,13,24-25H,9-11H2,1-2H3/t13-/m1/s1. The molecule has 1 atom stereocenters. The SMILES string of the molecule is CC1(C)OC[C@H](CONCc2c(Nc3ccc(I)cc3F)sc3ncccc23)O1. The summed E-state index contributed by atoms with van der Waals surface area (Å²) in [6.07, 6.45) is 1.64. The molecule has 1 aliphatic heterocycles. The highest BCUT2D eigenvalue weighted by Gasteiger charge is 2.32. The fourth-order valence-corrected chi connectivity index (χ4v) is 4.62. The first kappa shape index (κ1) is 20.9. The van der Waals surface area contributed by atoms with Gasteiger partial charge in [-0.2, -0.15) is 5.48 Å². The number of aromatic nitrogens is 1. The zero-order valence-corrected chi connectivity index (χ0v) is 19.0. The first-order valence-electron chi connectivity index (χ1n) is 9.16. The second kappa shape index (κ2) is 8.78. The van der Waals surface area contributed by atoms with Crippen LogP contribution in [0.2, 0.25) is 0 Å². The number of hydrogen-bond acceptors (Lipinski definition) is 7. The highest BCUT2D eigenvalue weighted by atomic mass is 127. The van der Waals surface area contributed by atoms with Crippen LogP contribution in [0.25, 0.3) is 10.2 Å². The molecule has 6 nitrogen and oxygen atoms in total. The molecule has 0 bridgehead atoms. The Morgan fingerprint density at radius 1 is 1.38 bits per heavy atom. The van der Waals surface area contributed by atoms with Crippen LogP contribution in [0.15, 0.2) is 36.5 Å². The van der Waals surface area contributed by atoms with E-state index in [1.165, 1.54) is 17.4 Å². The molecule has 1 saturated heterocycles. The van der Waals surface area contributed by atoms with E-state index in [2.05, 4.69) is 38.4 Å². The van der Waals surface area contributed by atoms with Gasteiger partial charge in [-0.25, -0.2) is 9.37 Å². The van der Waals surface area contributed by atoms with Crippen molar-refractivity contribution >= 4 is 54.8 Å². The first-order chi connectivity index (χ1) is 13.9. The molecule has 1 aromatic carbocycles. The molecule has 3 aromatic rings. The number of nitrogens with one attached hydrogen (secondary N) is 2. The zero-order valence-electron chi connectivity index (χ0n) is 16.0. The van der Waals surface area contributed by atoms with Gasteiger partial charge < -0.3 is 14.8 Å². The fraction of sp³-hybridized carbons (Fsp3) is 0.350. The fourth-order valence-electron chi connectivity index (χ4n) is 3.09. The number of halogens is 2. The van der Waals surface area contributed by atoms with Crippen molar-refractivity contribution in [1.82, 2.24) is 10.5 Å². The van der Waals surface area contributed by atoms with E-state index >= 15 is 0 Å². The van der Waals surface area contributed by atoms with E-state index in [-0.39, 0.29) is 11.9 Å². The van der Waals surface area contributed by atoms with Gasteiger partial charge in [0.05, 0.1) is 18.9 Å². The highest BCUT2D eigenvalue weighted by molar-refractivity contribution is 14.1. The Bertz CT molecular complexity index is 1010. The molecule has 1 fully saturated rings. The minimum absolute atomic E-state index is 0.114. The van der Waals surface area contributed by atoms with E-state index < -0.39 is 5.79 Å². The number of anilines is 2. The van der Waals surface area contributed by atoms with Crippen LogP contribution in [0.1, 0.15) is 19.4 Å². The van der Waals surface area contributed by atoms with Crippen LogP contribution in [-0.4, -0.2) is 30.1 Å². The van der Waals surface area contributed by atoms with Gasteiger partial charge in [0.1, 0.15) is 21.8 Å². The molecule has 3 heterocycles. The summed E-state index contributed by atoms with van der Waals surface area (Å²) in [6.45, 7) is 5.08. The molecule has 29 heavy (non-hydrogen) atoms. The number of pyridine rings is 1. The van der Waals surface area contributed by atoms with Gasteiger partial charge in [0, 0.05) is 27.3 Å². The summed E-state index contributed by atoms with van der Waals surface area (Å²) in [4.78, 5) is 10.9. The molecule has 9 heteroatoms. The summed E-state index contributed by atoms with van der Waals surface area (Å²) in [5, 5.41) is 5.04. The summed E-state index contributed by atoms with van der Waals surface area (Å²) < 4.78 is 26.4. The lowest BCUT2D eigenvalue weighted by molar-refractivity contribution is -0.149. The van der Waals surface area contributed by atoms with E-state index in [1.54, 1.807) is 12.3 Å². The molecule has 0 radical (unpaired) electrons. The minimum atomic E-state index is -0.572. The van der Waals surface area contributed by atoms with Gasteiger partial charge in [-0.05, 0) is 66.8 Å². The number of nitrogens with zero attached hydrogens (tertiary/aromatic N) is 1. The Kier molecular flexibility index (Phi) is 6.32. The molecule has 4 rings (SSSR count). The predicted octanol–water partition coefficient (Wildman–Crippen LogP) is 4.96. The van der Waals surface area contributed by atoms with Crippen LogP contribution in [0.3, 0.4) is 0 Å². The number of hydrogen-bond donors (Lipinski definition) is 2. The van der Waals surface area contributed by atoms with Crippen molar-refractivity contribution in [2.75, 3.05) is 18.5 Å². The number of rotatable bonds is 7. The van der Waals surface area contributed by atoms with Gasteiger partial charge >= 0.3 is 0 Å². The van der Waals surface area contributed by atoms with Gasteiger partial charge in [0.15, 0.2) is 5.79 Å². The molecule has 0 unspecified atom stereocenters. The highest BCUT2D eigenvalue weighted by Crippen LogP contribution is 2.37. The smallest absolute Gasteiger partial charge is 0.163 e. The van der Waals surface area contributed by atoms with Crippen molar-refractivity contribution < 1.29 is 18.7 Å². The molecule has 154 valence electrons. The summed E-state index contributed by atoms with van der Waals surface area (Å²) in [6, 6.07) is 8.99. The van der Waals surface area contributed by atoms with Gasteiger partial charge in [0.25, 0.3) is 0 Å². The van der Waals surface area contributed by atoms with Crippen LogP contribution < -0.4 is 10.8 Å². The second-order valence-electron chi connectivity index (χ2n) is 7.10. The second-order valence-corrected chi connectivity index (χ2v) is 9.34. The zero-order chi connectivity index (χ0) is 20.4. The van der Waals surface area contributed by atoms with Crippen molar-refractivity contribution in [3.8, 4) is 0 Å². The quantitative estimate of drug-likeness (QED) is 0.257. The Hall–Kier alpha value is -1.37. The van der Waals surface area contributed by atoms with Gasteiger partial charge in [-0.1, -0.05) is 11.3 Å². The Balaban J connectivity index is 1.46. The van der Waals surface area contributed by atoms with E-state index in [4.69, 9.17) is 14.3 Å². The van der Waals surface area contributed by atoms with Crippen LogP contribution in [0, 0.1) is 9.39 Å². The Morgan fingerprint density at radius 2 is 2.24 bits per heavy atom. The molecule has 0 saturated carbocycles.